The molecule has 1 unspecified atom stereocenters. The lowest BCUT2D eigenvalue weighted by atomic mass is 10.0. The number of fused-ring (bicyclic) bond motifs is 1. The topological polar surface area (TPSA) is 12.0 Å². The average molecular weight is 324 g/mol. The molecule has 3 rings (SSSR count). The van der Waals surface area contributed by atoms with Crippen molar-refractivity contribution in [2.75, 3.05) is 6.54 Å². The lowest BCUT2D eigenvalue weighted by Gasteiger charge is -2.17. The van der Waals surface area contributed by atoms with Crippen molar-refractivity contribution < 1.29 is 4.39 Å². The standard InChI is InChI=1S/C17H19ClFNS/c1-2-20-14(9-12-6-3-7-13(19)17(12)18)16-10-11-5-4-8-15(11)21-16/h3,6-7,10,14,20H,2,4-5,8-9H2,1H3. The van der Waals surface area contributed by atoms with Gasteiger partial charge in [-0.05, 0) is 55.5 Å². The van der Waals surface area contributed by atoms with E-state index >= 15 is 0 Å². The lowest BCUT2D eigenvalue weighted by molar-refractivity contribution is 0.554. The molecule has 1 aromatic carbocycles. The van der Waals surface area contributed by atoms with Gasteiger partial charge in [0.05, 0.1) is 5.02 Å². The third kappa shape index (κ3) is 3.15. The van der Waals surface area contributed by atoms with Crippen molar-refractivity contribution in [3.8, 4) is 0 Å². The van der Waals surface area contributed by atoms with Crippen LogP contribution in [0.1, 0.15) is 40.3 Å². The summed E-state index contributed by atoms with van der Waals surface area (Å²) in [5.41, 5.74) is 2.37. The molecule has 1 aliphatic carbocycles. The fraction of sp³-hybridized carbons (Fsp3) is 0.412. The van der Waals surface area contributed by atoms with Crippen LogP contribution in [-0.4, -0.2) is 6.54 Å². The molecule has 1 aromatic heterocycles. The molecule has 4 heteroatoms. The number of rotatable bonds is 5. The van der Waals surface area contributed by atoms with E-state index in [1.165, 1.54) is 40.6 Å². The van der Waals surface area contributed by atoms with Crippen LogP contribution in [0.15, 0.2) is 24.3 Å². The van der Waals surface area contributed by atoms with Gasteiger partial charge in [-0.15, -0.1) is 11.3 Å². The molecule has 0 aliphatic heterocycles. The van der Waals surface area contributed by atoms with Crippen LogP contribution in [0, 0.1) is 5.82 Å². The van der Waals surface area contributed by atoms with Gasteiger partial charge in [0.2, 0.25) is 0 Å². The summed E-state index contributed by atoms with van der Waals surface area (Å²) in [5, 5.41) is 3.77. The Labute approximate surface area is 134 Å². The smallest absolute Gasteiger partial charge is 0.142 e. The van der Waals surface area contributed by atoms with Gasteiger partial charge in [-0.3, -0.25) is 0 Å². The van der Waals surface area contributed by atoms with Crippen molar-refractivity contribution in [2.24, 2.45) is 0 Å². The van der Waals surface area contributed by atoms with Gasteiger partial charge in [0.15, 0.2) is 0 Å². The number of hydrogen-bond donors (Lipinski definition) is 1. The quantitative estimate of drug-likeness (QED) is 0.823. The molecule has 112 valence electrons. The average Bonchev–Trinajstić information content (AvgIpc) is 3.04. The van der Waals surface area contributed by atoms with E-state index in [0.29, 0.717) is 0 Å². The molecule has 1 aliphatic rings. The Bertz CT molecular complexity index is 616. The number of nitrogens with one attached hydrogen (secondary N) is 1. The van der Waals surface area contributed by atoms with Crippen LogP contribution >= 0.6 is 22.9 Å². The molecule has 2 aromatic rings. The highest BCUT2D eigenvalue weighted by Gasteiger charge is 2.21. The summed E-state index contributed by atoms with van der Waals surface area (Å²) in [6.45, 7) is 2.99. The molecular formula is C17H19ClFNS. The monoisotopic (exact) mass is 323 g/mol. The SMILES string of the molecule is CCNC(Cc1cccc(F)c1Cl)c1cc2c(s1)CCC2. The Morgan fingerprint density at radius 1 is 1.38 bits per heavy atom. The third-order valence-corrected chi connectivity index (χ3v) is 5.79. The second-order valence-electron chi connectivity index (χ2n) is 5.48. The molecule has 0 fully saturated rings. The first-order valence-electron chi connectivity index (χ1n) is 7.46. The molecule has 1 nitrogen and oxygen atoms in total. The highest BCUT2D eigenvalue weighted by Crippen LogP contribution is 2.35. The van der Waals surface area contributed by atoms with Gasteiger partial charge < -0.3 is 5.32 Å². The maximum atomic E-state index is 13.6. The van der Waals surface area contributed by atoms with Gasteiger partial charge in [-0.2, -0.15) is 0 Å². The van der Waals surface area contributed by atoms with Gasteiger partial charge in [-0.25, -0.2) is 4.39 Å². The zero-order valence-corrected chi connectivity index (χ0v) is 13.7. The summed E-state index contributed by atoms with van der Waals surface area (Å²) in [4.78, 5) is 2.88. The maximum absolute atomic E-state index is 13.6. The summed E-state index contributed by atoms with van der Waals surface area (Å²) in [6.07, 6.45) is 4.41. The number of likely N-dealkylation sites (N-methyl/N-ethyl adjacent to an activating group) is 1. The molecule has 0 radical (unpaired) electrons. The summed E-state index contributed by atoms with van der Waals surface area (Å²) < 4.78 is 13.6. The Kier molecular flexibility index (Phi) is 4.63. The molecule has 0 bridgehead atoms. The van der Waals surface area contributed by atoms with Crippen LogP contribution in [0.3, 0.4) is 0 Å². The molecule has 0 saturated heterocycles. The van der Waals surface area contributed by atoms with E-state index in [4.69, 9.17) is 11.6 Å². The minimum absolute atomic E-state index is 0.213. The van der Waals surface area contributed by atoms with Crippen molar-refractivity contribution in [1.82, 2.24) is 5.32 Å². The first-order valence-corrected chi connectivity index (χ1v) is 8.66. The van der Waals surface area contributed by atoms with E-state index in [0.717, 1.165) is 18.5 Å². The minimum Gasteiger partial charge on any atom is -0.309 e. The van der Waals surface area contributed by atoms with Crippen molar-refractivity contribution in [3.05, 3.63) is 56.0 Å². The van der Waals surface area contributed by atoms with Crippen molar-refractivity contribution in [2.45, 2.75) is 38.6 Å². The van der Waals surface area contributed by atoms with Crippen LogP contribution in [-0.2, 0) is 19.3 Å². The molecule has 1 N–H and O–H groups in total. The fourth-order valence-corrected chi connectivity index (χ4v) is 4.51. The first kappa shape index (κ1) is 15.0. The maximum Gasteiger partial charge on any atom is 0.142 e. The Morgan fingerprint density at radius 3 is 3.00 bits per heavy atom. The van der Waals surface area contributed by atoms with Gasteiger partial charge in [0, 0.05) is 15.8 Å². The Morgan fingerprint density at radius 2 is 2.24 bits per heavy atom. The van der Waals surface area contributed by atoms with Crippen molar-refractivity contribution in [1.29, 1.82) is 0 Å². The third-order valence-electron chi connectivity index (χ3n) is 4.02. The Balaban J connectivity index is 1.85. The zero-order chi connectivity index (χ0) is 14.8. The molecular weight excluding hydrogens is 305 g/mol. The highest BCUT2D eigenvalue weighted by molar-refractivity contribution is 7.12. The van der Waals surface area contributed by atoms with Gasteiger partial charge in [-0.1, -0.05) is 30.7 Å². The van der Waals surface area contributed by atoms with Crippen LogP contribution in [0.5, 0.6) is 0 Å². The Hall–Kier alpha value is -0.900. The molecule has 0 amide bonds. The van der Waals surface area contributed by atoms with Gasteiger partial charge in [0.1, 0.15) is 5.82 Å². The van der Waals surface area contributed by atoms with Gasteiger partial charge >= 0.3 is 0 Å². The van der Waals surface area contributed by atoms with E-state index in [2.05, 4.69) is 18.3 Å². The van der Waals surface area contributed by atoms with E-state index in [1.54, 1.807) is 6.07 Å². The number of thiophene rings is 1. The van der Waals surface area contributed by atoms with E-state index in [-0.39, 0.29) is 16.9 Å². The second-order valence-corrected chi connectivity index (χ2v) is 7.02. The molecule has 0 spiro atoms. The largest absolute Gasteiger partial charge is 0.309 e. The predicted octanol–water partition coefficient (Wildman–Crippen LogP) is 4.92. The lowest BCUT2D eigenvalue weighted by Crippen LogP contribution is -2.22. The number of benzene rings is 1. The van der Waals surface area contributed by atoms with E-state index in [1.807, 2.05) is 17.4 Å². The van der Waals surface area contributed by atoms with Crippen LogP contribution in [0.2, 0.25) is 5.02 Å². The second kappa shape index (κ2) is 6.47. The van der Waals surface area contributed by atoms with Crippen molar-refractivity contribution >= 4 is 22.9 Å². The first-order chi connectivity index (χ1) is 10.2. The molecule has 21 heavy (non-hydrogen) atoms. The highest BCUT2D eigenvalue weighted by atomic mass is 35.5. The number of hydrogen-bond acceptors (Lipinski definition) is 2. The summed E-state index contributed by atoms with van der Waals surface area (Å²) in [5.74, 6) is -0.335. The molecule has 0 saturated carbocycles. The number of aryl methyl sites for hydroxylation is 2. The minimum atomic E-state index is -0.335. The van der Waals surface area contributed by atoms with Crippen LogP contribution in [0.4, 0.5) is 4.39 Å². The normalized spacial score (nSPS) is 15.2. The van der Waals surface area contributed by atoms with E-state index in [9.17, 15) is 4.39 Å². The summed E-state index contributed by atoms with van der Waals surface area (Å²) >= 11 is 8.00. The van der Waals surface area contributed by atoms with Gasteiger partial charge in [0.25, 0.3) is 0 Å². The summed E-state index contributed by atoms with van der Waals surface area (Å²) in [6, 6.07) is 7.59. The molecule has 1 heterocycles. The van der Waals surface area contributed by atoms with E-state index < -0.39 is 0 Å². The van der Waals surface area contributed by atoms with Crippen LogP contribution in [0.25, 0.3) is 0 Å². The van der Waals surface area contributed by atoms with Crippen LogP contribution < -0.4 is 5.32 Å². The predicted molar refractivity (Wildman–Crippen MR) is 87.9 cm³/mol. The zero-order valence-electron chi connectivity index (χ0n) is 12.1. The summed E-state index contributed by atoms with van der Waals surface area (Å²) in [7, 11) is 0. The fourth-order valence-electron chi connectivity index (χ4n) is 2.97. The molecule has 1 atom stereocenters. The van der Waals surface area contributed by atoms with Crippen molar-refractivity contribution in [3.63, 3.8) is 0 Å². The number of halogens is 2.